The Morgan fingerprint density at radius 2 is 1.67 bits per heavy atom. The van der Waals surface area contributed by atoms with Gasteiger partial charge in [-0.2, -0.15) is 0 Å². The van der Waals surface area contributed by atoms with E-state index in [0.717, 1.165) is 5.56 Å². The Kier molecular flexibility index (Phi) is 13.6. The van der Waals surface area contributed by atoms with Crippen molar-refractivity contribution in [3.63, 3.8) is 0 Å². The molecular weight excluding hydrogens is 278 g/mol. The van der Waals surface area contributed by atoms with Crippen LogP contribution in [0.5, 0.6) is 0 Å². The number of benzene rings is 1. The maximum atomic E-state index is 11.0. The van der Waals surface area contributed by atoms with Gasteiger partial charge < -0.3 is 4.74 Å². The molecule has 1 aromatic rings. The predicted molar refractivity (Wildman–Crippen MR) is 94.8 cm³/mol. The first-order valence-corrected chi connectivity index (χ1v) is 9.17. The summed E-state index contributed by atoms with van der Waals surface area (Å²) in [5.74, 6) is -1.09. The van der Waals surface area contributed by atoms with E-state index in [9.17, 15) is 4.79 Å². The Morgan fingerprint density at radius 3 is 2.10 bits per heavy atom. The van der Waals surface area contributed by atoms with Crippen LogP contribution < -0.4 is 0 Å². The molecule has 4 heteroatoms. The molecule has 1 unspecified atom stereocenters. The zero-order valence-electron chi connectivity index (χ0n) is 13.6. The molecule has 1 aromatic carbocycles. The maximum absolute atomic E-state index is 11.0. The molecule has 0 saturated carbocycles. The molecule has 116 valence electrons. The molecule has 0 fully saturated rings. The molecule has 0 heterocycles. The van der Waals surface area contributed by atoms with E-state index in [1.54, 1.807) is 12.1 Å². The van der Waals surface area contributed by atoms with Gasteiger partial charge in [0.15, 0.2) is 0 Å². The molecule has 0 aliphatic carbocycles. The molecule has 2 nitrogen and oxygen atoms in total. The average Bonchev–Trinajstić information content (AvgIpc) is 2.55. The Balaban J connectivity index is 0.000000400. The van der Waals surface area contributed by atoms with Gasteiger partial charge in [0.2, 0.25) is 0 Å². The fraction of sp³-hybridized carbons (Fsp3) is 0.588. The zero-order valence-corrected chi connectivity index (χ0v) is 14.6. The van der Waals surface area contributed by atoms with Crippen LogP contribution in [0.25, 0.3) is 0 Å². The summed E-state index contributed by atoms with van der Waals surface area (Å²) in [5.41, 5.74) is 0.768. The molecule has 0 amide bonds. The molecule has 0 aliphatic rings. The Hall–Kier alpha value is -0.815. The highest BCUT2D eigenvalue weighted by molar-refractivity contribution is 7.37. The minimum absolute atomic E-state index is 0.416. The fourth-order valence-corrected chi connectivity index (χ4v) is 3.11. The smallest absolute Gasteiger partial charge is 0.304 e. The van der Waals surface area contributed by atoms with Gasteiger partial charge in [-0.15, -0.1) is 8.58 Å². The lowest BCUT2D eigenvalue weighted by Gasteiger charge is -2.08. The van der Waals surface area contributed by atoms with Crippen LogP contribution in [0.4, 0.5) is 0 Å². The van der Waals surface area contributed by atoms with Crippen LogP contribution in [0.1, 0.15) is 50.9 Å². The molecule has 1 rings (SSSR count). The number of hydrogen-bond donors (Lipinski definition) is 0. The van der Waals surface area contributed by atoms with E-state index in [2.05, 4.69) is 18.6 Å². The number of unbranched alkanes of at least 4 members (excludes halogenated alkanes) is 2. The molecule has 2 radical (unpaired) electrons. The van der Waals surface area contributed by atoms with E-state index in [0.29, 0.717) is 0 Å². The third-order valence-electron chi connectivity index (χ3n) is 3.03. The van der Waals surface area contributed by atoms with Crippen molar-refractivity contribution >= 4 is 22.4 Å². The van der Waals surface area contributed by atoms with Gasteiger partial charge in [-0.1, -0.05) is 57.0 Å². The van der Waals surface area contributed by atoms with Crippen molar-refractivity contribution in [3.05, 3.63) is 35.9 Å². The Labute approximate surface area is 133 Å². The van der Waals surface area contributed by atoms with Crippen LogP contribution >= 0.6 is 8.58 Å². The van der Waals surface area contributed by atoms with Crippen molar-refractivity contribution < 1.29 is 9.53 Å². The number of carbonyl (C=O) groups is 1. The Bertz CT molecular complexity index is 351. The molecule has 0 saturated heterocycles. The third kappa shape index (κ3) is 10.5. The minimum atomic E-state index is -0.670. The number of methoxy groups -OCH3 is 1. The summed E-state index contributed by atoms with van der Waals surface area (Å²) in [6.07, 6.45) is 8.61. The van der Waals surface area contributed by atoms with E-state index in [-0.39, 0.29) is 0 Å². The van der Waals surface area contributed by atoms with Crippen molar-refractivity contribution in [1.82, 2.24) is 0 Å². The molecule has 0 bridgehead atoms. The summed E-state index contributed by atoms with van der Waals surface area (Å²) < 4.78 is 4.50. The van der Waals surface area contributed by atoms with Crippen LogP contribution in [-0.4, -0.2) is 33.2 Å². The number of carbonyl (C=O) groups excluding carboxylic acids is 1. The fourth-order valence-electron chi connectivity index (χ4n) is 1.65. The minimum Gasteiger partial charge on any atom is -0.469 e. The summed E-state index contributed by atoms with van der Waals surface area (Å²) in [7, 11) is 8.14. The van der Waals surface area contributed by atoms with Crippen molar-refractivity contribution in [2.45, 2.75) is 45.3 Å². The molecule has 0 spiro atoms. The topological polar surface area (TPSA) is 26.3 Å². The van der Waals surface area contributed by atoms with Crippen molar-refractivity contribution in [3.8, 4) is 0 Å². The van der Waals surface area contributed by atoms with E-state index >= 15 is 0 Å². The van der Waals surface area contributed by atoms with Crippen molar-refractivity contribution in [2.75, 3.05) is 19.4 Å². The zero-order chi connectivity index (χ0) is 15.9. The normalized spacial score (nSPS) is 11.2. The molecule has 21 heavy (non-hydrogen) atoms. The second-order valence-corrected chi connectivity index (χ2v) is 6.37. The van der Waals surface area contributed by atoms with Gasteiger partial charge >= 0.3 is 5.97 Å². The summed E-state index contributed by atoms with van der Waals surface area (Å²) in [6, 6.07) is 9.12. The van der Waals surface area contributed by atoms with E-state index in [4.69, 9.17) is 7.85 Å². The number of hydrogen-bond acceptors (Lipinski definition) is 2. The van der Waals surface area contributed by atoms with Crippen LogP contribution in [0.2, 0.25) is 0 Å². The molecule has 0 aromatic heterocycles. The second-order valence-electron chi connectivity index (χ2n) is 4.87. The van der Waals surface area contributed by atoms with E-state index in [1.165, 1.54) is 53.7 Å². The first-order valence-electron chi connectivity index (χ1n) is 7.76. The van der Waals surface area contributed by atoms with Gasteiger partial charge in [0.1, 0.15) is 0 Å². The van der Waals surface area contributed by atoms with Gasteiger partial charge in [-0.25, -0.2) is 0 Å². The van der Waals surface area contributed by atoms with Gasteiger partial charge in [-0.05, 0) is 30.7 Å². The van der Waals surface area contributed by atoms with Crippen LogP contribution in [-0.2, 0) is 9.53 Å². The first kappa shape index (κ1) is 20.2. The lowest BCUT2D eigenvalue weighted by atomic mass is 9.81. The average molecular weight is 306 g/mol. The van der Waals surface area contributed by atoms with Crippen LogP contribution in [0, 0.1) is 0 Å². The first-order chi connectivity index (χ1) is 10.2. The highest BCUT2D eigenvalue weighted by Gasteiger charge is 2.13. The Morgan fingerprint density at radius 1 is 1.14 bits per heavy atom. The SMILES string of the molecule is CCCCPCCCC.[B]C(C(=O)OC)c1ccccc1. The predicted octanol–water partition coefficient (Wildman–Crippen LogP) is 4.33. The third-order valence-corrected chi connectivity index (χ3v) is 4.44. The highest BCUT2D eigenvalue weighted by Crippen LogP contribution is 2.14. The van der Waals surface area contributed by atoms with Crippen LogP contribution in [0.15, 0.2) is 30.3 Å². The van der Waals surface area contributed by atoms with Gasteiger partial charge in [-0.3, -0.25) is 4.79 Å². The van der Waals surface area contributed by atoms with E-state index in [1.807, 2.05) is 18.2 Å². The largest absolute Gasteiger partial charge is 0.469 e. The number of esters is 1. The standard InChI is InChI=1S/C9H9BO2.C8H19P/c1-12-9(11)8(10)7-5-3-2-4-6-7;1-3-5-7-9-8-6-4-2/h2-6,8H,1H3;9H,3-8H2,1-2H3. The molecular formula is C17H28BO2P. The summed E-state index contributed by atoms with van der Waals surface area (Å²) >= 11 is 0. The lowest BCUT2D eigenvalue weighted by Crippen LogP contribution is -2.13. The summed E-state index contributed by atoms with van der Waals surface area (Å²) in [5, 5.41) is 0. The highest BCUT2D eigenvalue weighted by atomic mass is 31.1. The van der Waals surface area contributed by atoms with E-state index < -0.39 is 11.8 Å². The molecule has 1 atom stereocenters. The number of ether oxygens (including phenoxy) is 1. The van der Waals surface area contributed by atoms with Gasteiger partial charge in [0, 0.05) is 5.82 Å². The maximum Gasteiger partial charge on any atom is 0.304 e. The summed E-state index contributed by atoms with van der Waals surface area (Å²) in [6.45, 7) is 4.54. The molecule has 0 aliphatic heterocycles. The quantitative estimate of drug-likeness (QED) is 0.309. The van der Waals surface area contributed by atoms with Crippen molar-refractivity contribution in [2.24, 2.45) is 0 Å². The van der Waals surface area contributed by atoms with Gasteiger partial charge in [0.05, 0.1) is 15.0 Å². The summed E-state index contributed by atoms with van der Waals surface area (Å²) in [4.78, 5) is 11.0. The lowest BCUT2D eigenvalue weighted by molar-refractivity contribution is -0.140. The second kappa shape index (κ2) is 14.1. The van der Waals surface area contributed by atoms with Crippen LogP contribution in [0.3, 0.4) is 0 Å². The van der Waals surface area contributed by atoms with Crippen molar-refractivity contribution in [1.29, 1.82) is 0 Å². The number of rotatable bonds is 8. The van der Waals surface area contributed by atoms with Gasteiger partial charge in [0.25, 0.3) is 0 Å². The molecule has 0 N–H and O–H groups in total. The monoisotopic (exact) mass is 306 g/mol.